The van der Waals surface area contributed by atoms with E-state index in [-0.39, 0.29) is 5.41 Å². The predicted molar refractivity (Wildman–Crippen MR) is 100.0 cm³/mol. The van der Waals surface area contributed by atoms with Crippen LogP contribution in [-0.2, 0) is 15.2 Å². The van der Waals surface area contributed by atoms with Crippen LogP contribution in [0.3, 0.4) is 0 Å². The summed E-state index contributed by atoms with van der Waals surface area (Å²) in [6, 6.07) is 1.75. The lowest BCUT2D eigenvalue weighted by Crippen LogP contribution is -2.09. The highest BCUT2D eigenvalue weighted by Gasteiger charge is 2.18. The van der Waals surface area contributed by atoms with Crippen molar-refractivity contribution in [3.05, 3.63) is 35.4 Å². The average Bonchev–Trinajstić information content (AvgIpc) is 2.94. The zero-order valence-electron chi connectivity index (χ0n) is 16.5. The fourth-order valence-electron chi connectivity index (χ4n) is 1.11. The minimum Gasteiger partial charge on any atom is -0.396 e. The fraction of sp³-hybridized carbons (Fsp3) is 0.611. The number of nitrogens with two attached hydrogens (primary N) is 2. The first-order chi connectivity index (χ1) is 11.0. The van der Waals surface area contributed by atoms with Gasteiger partial charge in [-0.1, -0.05) is 59.2 Å². The molecule has 0 atom stereocenters. The lowest BCUT2D eigenvalue weighted by Gasteiger charge is -2.11. The van der Waals surface area contributed by atoms with Gasteiger partial charge in [-0.05, 0) is 19.4 Å². The molecule has 1 aromatic rings. The lowest BCUT2D eigenvalue weighted by molar-refractivity contribution is -0.237. The summed E-state index contributed by atoms with van der Waals surface area (Å²) in [5.74, 6) is 1.81. The summed E-state index contributed by atoms with van der Waals surface area (Å²) in [7, 11) is 1.43. The Morgan fingerprint density at radius 3 is 1.96 bits per heavy atom. The van der Waals surface area contributed by atoms with Gasteiger partial charge in [-0.15, -0.1) is 0 Å². The molecule has 0 fully saturated rings. The molecular weight excluding hydrogens is 306 g/mol. The van der Waals surface area contributed by atoms with Gasteiger partial charge in [0.1, 0.15) is 5.76 Å². The molecule has 0 saturated carbocycles. The summed E-state index contributed by atoms with van der Waals surface area (Å²) in [5.41, 5.74) is 12.2. The van der Waals surface area contributed by atoms with Crippen molar-refractivity contribution in [3.63, 3.8) is 0 Å². The van der Waals surface area contributed by atoms with E-state index in [1.165, 1.54) is 20.0 Å². The van der Waals surface area contributed by atoms with Gasteiger partial charge in [0.05, 0.1) is 12.8 Å². The predicted octanol–water partition coefficient (Wildman–Crippen LogP) is 4.69. The summed E-state index contributed by atoms with van der Waals surface area (Å²) >= 11 is 0. The number of nitrogen functional groups attached to an aromatic ring is 1. The highest BCUT2D eigenvalue weighted by atomic mass is 17.2. The van der Waals surface area contributed by atoms with Crippen LogP contribution in [0, 0.1) is 0 Å². The van der Waals surface area contributed by atoms with Crippen LogP contribution in [0.25, 0.3) is 0 Å². The molecule has 4 N–H and O–H groups in total. The zero-order valence-corrected chi connectivity index (χ0v) is 16.5. The van der Waals surface area contributed by atoms with E-state index in [0.29, 0.717) is 17.3 Å². The molecular formula is C18H35N3O3. The topological polar surface area (TPSA) is 96.5 Å². The highest BCUT2D eigenvalue weighted by molar-refractivity contribution is 5.29. The summed E-state index contributed by atoms with van der Waals surface area (Å²) in [6.07, 6.45) is 2.64. The Kier molecular flexibility index (Phi) is 12.6. The van der Waals surface area contributed by atoms with Crippen molar-refractivity contribution in [1.82, 2.24) is 5.16 Å². The number of hydrogen-bond acceptors (Lipinski definition) is 6. The van der Waals surface area contributed by atoms with Crippen LogP contribution in [0.1, 0.15) is 67.1 Å². The molecule has 0 amide bonds. The van der Waals surface area contributed by atoms with Crippen LogP contribution < -0.4 is 11.5 Å². The lowest BCUT2D eigenvalue weighted by atomic mass is 9.93. The van der Waals surface area contributed by atoms with Crippen molar-refractivity contribution >= 4 is 5.82 Å². The minimum absolute atomic E-state index is 0.00458. The molecule has 6 nitrogen and oxygen atoms in total. The van der Waals surface area contributed by atoms with Crippen LogP contribution in [0.2, 0.25) is 0 Å². The van der Waals surface area contributed by atoms with E-state index in [2.05, 4.69) is 35.4 Å². The maximum absolute atomic E-state index is 5.52. The third kappa shape index (κ3) is 11.6. The largest absolute Gasteiger partial charge is 0.396 e. The Bertz CT molecular complexity index is 498. The molecule has 0 aliphatic heterocycles. The molecule has 0 saturated heterocycles. The van der Waals surface area contributed by atoms with Crippen molar-refractivity contribution in [1.29, 1.82) is 0 Å². The monoisotopic (exact) mass is 341 g/mol. The summed E-state index contributed by atoms with van der Waals surface area (Å²) in [6.45, 7) is 17.7. The molecule has 1 rings (SSSR count). The Morgan fingerprint density at radius 1 is 1.25 bits per heavy atom. The molecule has 0 radical (unpaired) electrons. The van der Waals surface area contributed by atoms with Crippen LogP contribution in [0.15, 0.2) is 34.2 Å². The quantitative estimate of drug-likeness (QED) is 0.357. The molecule has 0 aliphatic rings. The van der Waals surface area contributed by atoms with Crippen molar-refractivity contribution in [2.45, 2.75) is 66.7 Å². The SMILES string of the molecule is C=C(C)/C(N)=C(\C)OOC.CC(C)(C)c1cc(N)no1.CCCC. The number of rotatable bonds is 4. The van der Waals surface area contributed by atoms with Gasteiger partial charge in [0.2, 0.25) is 0 Å². The van der Waals surface area contributed by atoms with Crippen molar-refractivity contribution in [2.75, 3.05) is 12.8 Å². The first-order valence-electron chi connectivity index (χ1n) is 8.06. The summed E-state index contributed by atoms with van der Waals surface area (Å²) in [5, 5.41) is 3.59. The molecule has 0 spiro atoms. The van der Waals surface area contributed by atoms with Crippen molar-refractivity contribution in [2.24, 2.45) is 5.73 Å². The first kappa shape index (κ1) is 24.3. The molecule has 140 valence electrons. The zero-order chi connectivity index (χ0) is 19.3. The van der Waals surface area contributed by atoms with Gasteiger partial charge in [-0.3, -0.25) is 0 Å². The molecule has 0 aromatic carbocycles. The fourth-order valence-corrected chi connectivity index (χ4v) is 1.11. The number of nitrogens with zero attached hydrogens (tertiary/aromatic N) is 1. The molecule has 6 heteroatoms. The molecule has 1 heterocycles. The van der Waals surface area contributed by atoms with Crippen molar-refractivity contribution < 1.29 is 14.3 Å². The van der Waals surface area contributed by atoms with Crippen molar-refractivity contribution in [3.8, 4) is 0 Å². The first-order valence-corrected chi connectivity index (χ1v) is 8.06. The van der Waals surface area contributed by atoms with E-state index >= 15 is 0 Å². The Balaban J connectivity index is 0. The maximum Gasteiger partial charge on any atom is 0.167 e. The Labute approximate surface area is 146 Å². The van der Waals surface area contributed by atoms with E-state index in [1.54, 1.807) is 19.9 Å². The van der Waals surface area contributed by atoms with Crippen LogP contribution in [0.4, 0.5) is 5.82 Å². The Morgan fingerprint density at radius 2 is 1.75 bits per heavy atom. The van der Waals surface area contributed by atoms with Crippen LogP contribution in [0.5, 0.6) is 0 Å². The third-order valence-electron chi connectivity index (χ3n) is 2.81. The summed E-state index contributed by atoms with van der Waals surface area (Å²) in [4.78, 5) is 9.05. The van der Waals surface area contributed by atoms with Gasteiger partial charge >= 0.3 is 0 Å². The van der Waals surface area contributed by atoms with Crippen LogP contribution in [-0.4, -0.2) is 12.3 Å². The minimum atomic E-state index is 0.00458. The number of hydrogen-bond donors (Lipinski definition) is 2. The molecule has 0 unspecified atom stereocenters. The molecule has 0 aliphatic carbocycles. The number of anilines is 1. The van der Waals surface area contributed by atoms with E-state index in [4.69, 9.17) is 16.0 Å². The molecule has 24 heavy (non-hydrogen) atoms. The van der Waals surface area contributed by atoms with E-state index in [0.717, 1.165) is 11.3 Å². The van der Waals surface area contributed by atoms with Gasteiger partial charge in [-0.2, -0.15) is 4.89 Å². The highest BCUT2D eigenvalue weighted by Crippen LogP contribution is 2.22. The van der Waals surface area contributed by atoms with Gasteiger partial charge in [0.15, 0.2) is 11.6 Å². The second kappa shape index (κ2) is 12.5. The normalized spacial score (nSPS) is 11.3. The number of allylic oxidation sites excluding steroid dienone is 2. The Hall–Kier alpha value is -1.95. The third-order valence-corrected chi connectivity index (χ3v) is 2.81. The van der Waals surface area contributed by atoms with Gasteiger partial charge in [0.25, 0.3) is 0 Å². The second-order valence-corrected chi connectivity index (χ2v) is 6.37. The summed E-state index contributed by atoms with van der Waals surface area (Å²) < 4.78 is 4.95. The number of aromatic nitrogens is 1. The van der Waals surface area contributed by atoms with Crippen LogP contribution >= 0.6 is 0 Å². The smallest absolute Gasteiger partial charge is 0.167 e. The van der Waals surface area contributed by atoms with E-state index < -0.39 is 0 Å². The van der Waals surface area contributed by atoms with E-state index in [1.807, 2.05) is 20.8 Å². The van der Waals surface area contributed by atoms with Gasteiger partial charge in [0, 0.05) is 11.5 Å². The van der Waals surface area contributed by atoms with E-state index in [9.17, 15) is 0 Å². The van der Waals surface area contributed by atoms with Gasteiger partial charge < -0.3 is 20.9 Å². The average molecular weight is 341 g/mol. The molecule has 0 bridgehead atoms. The molecule has 1 aromatic heterocycles. The maximum atomic E-state index is 5.52. The van der Waals surface area contributed by atoms with Gasteiger partial charge in [-0.25, -0.2) is 0 Å². The standard InChI is InChI=1S/C7H12N2O.C7H13NO2.C4H10/c1-7(2,3)5-4-6(8)9-10-5;1-5(2)7(8)6(3)10-9-4;1-3-4-2/h4H,1-3H3,(H2,8,9);1,8H2,2-4H3;3-4H2,1-2H3/b;7-6-;. The second-order valence-electron chi connectivity index (χ2n) is 6.37. The number of unbranched alkanes of at least 4 members (excludes halogenated alkanes) is 1.